The predicted molar refractivity (Wildman–Crippen MR) is 66.0 cm³/mol. The Morgan fingerprint density at radius 1 is 1.33 bits per heavy atom. The number of carbonyl (C=O) groups excluding carboxylic acids is 2. The summed E-state index contributed by atoms with van der Waals surface area (Å²) in [6.07, 6.45) is 0.235. The van der Waals surface area contributed by atoms with Crippen molar-refractivity contribution in [3.63, 3.8) is 0 Å². The zero-order valence-corrected chi connectivity index (χ0v) is 10.4. The van der Waals surface area contributed by atoms with E-state index in [2.05, 4.69) is 5.32 Å². The van der Waals surface area contributed by atoms with Crippen LogP contribution < -0.4 is 10.2 Å². The van der Waals surface area contributed by atoms with Gasteiger partial charge in [0.25, 0.3) is 0 Å². The molecule has 1 heterocycles. The minimum atomic E-state index is -0.497. The number of nitrogens with zero attached hydrogens (tertiary/aromatic N) is 1. The Balaban J connectivity index is 2.27. The molecule has 1 fully saturated rings. The quantitative estimate of drug-likeness (QED) is 0.876. The number of hydrogen-bond donors (Lipinski definition) is 1. The molecule has 0 spiro atoms. The number of benzene rings is 1. The number of carbonyl (C=O) groups is 2. The Labute approximate surface area is 105 Å². The average molecular weight is 250 g/mol. The van der Waals surface area contributed by atoms with Gasteiger partial charge in [-0.25, -0.2) is 9.18 Å². The lowest BCUT2D eigenvalue weighted by Crippen LogP contribution is -2.49. The van der Waals surface area contributed by atoms with E-state index in [1.807, 2.05) is 13.8 Å². The van der Waals surface area contributed by atoms with E-state index in [0.29, 0.717) is 11.3 Å². The summed E-state index contributed by atoms with van der Waals surface area (Å²) in [6, 6.07) is 4.22. The van der Waals surface area contributed by atoms with Crippen molar-refractivity contribution in [1.82, 2.24) is 5.32 Å². The summed E-state index contributed by atoms with van der Waals surface area (Å²) >= 11 is 0. The zero-order chi connectivity index (χ0) is 13.3. The van der Waals surface area contributed by atoms with Gasteiger partial charge in [0.05, 0.1) is 0 Å². The third-order valence-electron chi connectivity index (χ3n) is 2.97. The predicted octanol–water partition coefficient (Wildman–Crippen LogP) is 2.40. The molecule has 0 atom stereocenters. The molecule has 0 saturated carbocycles. The Morgan fingerprint density at radius 2 is 2.06 bits per heavy atom. The molecule has 4 nitrogen and oxygen atoms in total. The fourth-order valence-corrected chi connectivity index (χ4v) is 1.96. The van der Waals surface area contributed by atoms with Crippen LogP contribution in [-0.4, -0.2) is 18.5 Å². The number of rotatable bonds is 2. The highest BCUT2D eigenvalue weighted by atomic mass is 19.1. The van der Waals surface area contributed by atoms with Gasteiger partial charge < -0.3 is 0 Å². The van der Waals surface area contributed by atoms with Crippen molar-refractivity contribution in [2.45, 2.75) is 26.2 Å². The first-order valence-corrected chi connectivity index (χ1v) is 5.90. The summed E-state index contributed by atoms with van der Waals surface area (Å²) < 4.78 is 13.8. The van der Waals surface area contributed by atoms with Gasteiger partial charge in [0.2, 0.25) is 5.91 Å². The van der Waals surface area contributed by atoms with Crippen LogP contribution >= 0.6 is 0 Å². The number of imide groups is 1. The van der Waals surface area contributed by atoms with Crippen molar-refractivity contribution in [2.75, 3.05) is 11.4 Å². The van der Waals surface area contributed by atoms with Gasteiger partial charge in [-0.15, -0.1) is 0 Å². The Bertz CT molecular complexity index is 500. The van der Waals surface area contributed by atoms with Crippen molar-refractivity contribution in [3.8, 4) is 0 Å². The fourth-order valence-electron chi connectivity index (χ4n) is 1.96. The van der Waals surface area contributed by atoms with Crippen molar-refractivity contribution < 1.29 is 14.0 Å². The van der Waals surface area contributed by atoms with Gasteiger partial charge >= 0.3 is 6.03 Å². The zero-order valence-electron chi connectivity index (χ0n) is 10.4. The Morgan fingerprint density at radius 3 is 2.61 bits per heavy atom. The van der Waals surface area contributed by atoms with Gasteiger partial charge in [-0.3, -0.25) is 15.0 Å². The van der Waals surface area contributed by atoms with Gasteiger partial charge in [0.1, 0.15) is 5.82 Å². The number of amides is 3. The molecule has 5 heteroatoms. The molecule has 1 saturated heterocycles. The van der Waals surface area contributed by atoms with E-state index in [4.69, 9.17) is 0 Å². The average Bonchev–Trinajstić information content (AvgIpc) is 2.28. The van der Waals surface area contributed by atoms with Gasteiger partial charge in [-0.1, -0.05) is 19.9 Å². The third kappa shape index (κ3) is 2.34. The highest BCUT2D eigenvalue weighted by Crippen LogP contribution is 2.24. The van der Waals surface area contributed by atoms with Gasteiger partial charge in [0, 0.05) is 18.7 Å². The molecule has 1 N–H and O–H groups in total. The second-order valence-corrected chi connectivity index (χ2v) is 4.62. The van der Waals surface area contributed by atoms with Crippen LogP contribution in [0, 0.1) is 5.82 Å². The minimum Gasteiger partial charge on any atom is -0.294 e. The topological polar surface area (TPSA) is 49.4 Å². The molecule has 0 bridgehead atoms. The van der Waals surface area contributed by atoms with E-state index in [-0.39, 0.29) is 30.6 Å². The smallest absolute Gasteiger partial charge is 0.294 e. The first-order valence-electron chi connectivity index (χ1n) is 5.90. The molecular formula is C13H15FN2O2. The highest BCUT2D eigenvalue weighted by molar-refractivity contribution is 6.05. The lowest BCUT2D eigenvalue weighted by atomic mass is 10.0. The summed E-state index contributed by atoms with van der Waals surface area (Å²) in [6.45, 7) is 4.10. The van der Waals surface area contributed by atoms with Gasteiger partial charge in [0.15, 0.2) is 0 Å². The lowest BCUT2D eigenvalue weighted by molar-refractivity contribution is -0.120. The van der Waals surface area contributed by atoms with E-state index in [9.17, 15) is 14.0 Å². The summed E-state index contributed by atoms with van der Waals surface area (Å²) in [7, 11) is 0. The molecular weight excluding hydrogens is 235 g/mol. The summed E-state index contributed by atoms with van der Waals surface area (Å²) in [5.41, 5.74) is 1.09. The Hall–Kier alpha value is -1.91. The van der Waals surface area contributed by atoms with Crippen LogP contribution in [0.1, 0.15) is 31.7 Å². The third-order valence-corrected chi connectivity index (χ3v) is 2.97. The van der Waals surface area contributed by atoms with Crippen LogP contribution in [0.15, 0.2) is 18.2 Å². The molecule has 1 aliphatic rings. The van der Waals surface area contributed by atoms with E-state index in [1.54, 1.807) is 12.1 Å². The molecule has 0 radical (unpaired) electrons. The second-order valence-electron chi connectivity index (χ2n) is 4.62. The molecule has 0 aliphatic carbocycles. The van der Waals surface area contributed by atoms with E-state index in [0.717, 1.165) is 0 Å². The number of hydrogen-bond acceptors (Lipinski definition) is 2. The molecule has 1 aromatic rings. The number of halogens is 1. The lowest BCUT2D eigenvalue weighted by Gasteiger charge is -2.26. The summed E-state index contributed by atoms with van der Waals surface area (Å²) in [4.78, 5) is 24.0. The molecule has 1 aliphatic heterocycles. The summed E-state index contributed by atoms with van der Waals surface area (Å²) in [5.74, 6) is -0.529. The SMILES string of the molecule is CC(C)c1ccc(N2CCC(=O)NC2=O)cc1F. The Kier molecular flexibility index (Phi) is 3.32. The van der Waals surface area contributed by atoms with Crippen LogP contribution in [0.2, 0.25) is 0 Å². The maximum absolute atomic E-state index is 13.8. The van der Waals surface area contributed by atoms with E-state index < -0.39 is 6.03 Å². The van der Waals surface area contributed by atoms with E-state index in [1.165, 1.54) is 11.0 Å². The fraction of sp³-hybridized carbons (Fsp3) is 0.385. The second kappa shape index (κ2) is 4.76. The molecule has 0 aromatic heterocycles. The van der Waals surface area contributed by atoms with Crippen LogP contribution in [0.4, 0.5) is 14.9 Å². The summed E-state index contributed by atoms with van der Waals surface area (Å²) in [5, 5.41) is 2.21. The number of nitrogens with one attached hydrogen (secondary N) is 1. The maximum Gasteiger partial charge on any atom is 0.328 e. The van der Waals surface area contributed by atoms with Crippen molar-refractivity contribution in [1.29, 1.82) is 0 Å². The molecule has 1 aromatic carbocycles. The first kappa shape index (κ1) is 12.5. The molecule has 3 amide bonds. The normalized spacial score (nSPS) is 16.1. The highest BCUT2D eigenvalue weighted by Gasteiger charge is 2.24. The van der Waals surface area contributed by atoms with Crippen molar-refractivity contribution in [3.05, 3.63) is 29.6 Å². The largest absolute Gasteiger partial charge is 0.328 e. The van der Waals surface area contributed by atoms with Crippen LogP contribution in [0.5, 0.6) is 0 Å². The van der Waals surface area contributed by atoms with Crippen LogP contribution in [0.3, 0.4) is 0 Å². The molecule has 96 valence electrons. The van der Waals surface area contributed by atoms with Crippen molar-refractivity contribution >= 4 is 17.6 Å². The van der Waals surface area contributed by atoms with Crippen molar-refractivity contribution in [2.24, 2.45) is 0 Å². The van der Waals surface area contributed by atoms with Crippen LogP contribution in [0.25, 0.3) is 0 Å². The number of anilines is 1. The molecule has 0 unspecified atom stereocenters. The maximum atomic E-state index is 13.8. The molecule has 18 heavy (non-hydrogen) atoms. The first-order chi connectivity index (χ1) is 8.49. The molecule has 2 rings (SSSR count). The van der Waals surface area contributed by atoms with Gasteiger partial charge in [-0.05, 0) is 23.6 Å². The van der Waals surface area contributed by atoms with Crippen LogP contribution in [-0.2, 0) is 4.79 Å². The standard InChI is InChI=1S/C13H15FN2O2/c1-8(2)10-4-3-9(7-11(10)14)16-6-5-12(17)15-13(16)18/h3-4,7-8H,5-6H2,1-2H3,(H,15,17,18). The number of urea groups is 1. The van der Waals surface area contributed by atoms with Gasteiger partial charge in [-0.2, -0.15) is 0 Å². The monoisotopic (exact) mass is 250 g/mol. The minimum absolute atomic E-state index is 0.0933. The van der Waals surface area contributed by atoms with E-state index >= 15 is 0 Å².